The summed E-state index contributed by atoms with van der Waals surface area (Å²) < 4.78 is 2.25. The van der Waals surface area contributed by atoms with Gasteiger partial charge >= 0.3 is 0 Å². The highest BCUT2D eigenvalue weighted by Crippen LogP contribution is 2.28. The molecule has 0 fully saturated rings. The van der Waals surface area contributed by atoms with E-state index >= 15 is 0 Å². The third kappa shape index (κ3) is 1.93. The SMILES string of the molecule is CCC(C)c1cn2c(n1)C(C)CC(N)C2. The van der Waals surface area contributed by atoms with E-state index in [1.165, 1.54) is 11.5 Å². The molecule has 1 aliphatic rings. The van der Waals surface area contributed by atoms with Gasteiger partial charge in [-0.25, -0.2) is 4.98 Å². The van der Waals surface area contributed by atoms with E-state index in [4.69, 9.17) is 10.7 Å². The third-order valence-corrected chi connectivity index (χ3v) is 3.47. The lowest BCUT2D eigenvalue weighted by Crippen LogP contribution is -2.33. The van der Waals surface area contributed by atoms with Crippen LogP contribution in [0.1, 0.15) is 57.0 Å². The van der Waals surface area contributed by atoms with Gasteiger partial charge < -0.3 is 10.3 Å². The number of nitrogens with two attached hydrogens (primary N) is 1. The van der Waals surface area contributed by atoms with Gasteiger partial charge in [-0.2, -0.15) is 0 Å². The number of hydrogen-bond donors (Lipinski definition) is 1. The molecule has 0 amide bonds. The molecule has 0 aliphatic carbocycles. The molecule has 0 saturated carbocycles. The van der Waals surface area contributed by atoms with Crippen molar-refractivity contribution in [3.05, 3.63) is 17.7 Å². The van der Waals surface area contributed by atoms with Crippen LogP contribution in [0.25, 0.3) is 0 Å². The quantitative estimate of drug-likeness (QED) is 0.808. The highest BCUT2D eigenvalue weighted by molar-refractivity contribution is 5.14. The van der Waals surface area contributed by atoms with Gasteiger partial charge in [0.2, 0.25) is 0 Å². The number of nitrogens with zero attached hydrogens (tertiary/aromatic N) is 2. The molecule has 2 heterocycles. The van der Waals surface area contributed by atoms with Gasteiger partial charge in [-0.05, 0) is 18.8 Å². The molecule has 3 heteroatoms. The van der Waals surface area contributed by atoms with Crippen molar-refractivity contribution in [3.63, 3.8) is 0 Å². The third-order valence-electron chi connectivity index (χ3n) is 3.47. The number of hydrogen-bond acceptors (Lipinski definition) is 2. The molecule has 0 aromatic carbocycles. The van der Waals surface area contributed by atoms with Crippen LogP contribution in [0.15, 0.2) is 6.20 Å². The van der Waals surface area contributed by atoms with Gasteiger partial charge in [0.1, 0.15) is 5.82 Å². The van der Waals surface area contributed by atoms with E-state index in [0.29, 0.717) is 17.9 Å². The minimum Gasteiger partial charge on any atom is -0.333 e. The Labute approximate surface area is 91.7 Å². The first-order chi connectivity index (χ1) is 7.11. The molecule has 3 atom stereocenters. The van der Waals surface area contributed by atoms with Crippen molar-refractivity contribution in [1.29, 1.82) is 0 Å². The monoisotopic (exact) mass is 207 g/mol. The van der Waals surface area contributed by atoms with Crippen LogP contribution in [-0.4, -0.2) is 15.6 Å². The van der Waals surface area contributed by atoms with Crippen molar-refractivity contribution < 1.29 is 0 Å². The standard InChI is InChI=1S/C12H21N3/c1-4-8(2)11-7-15-6-10(13)5-9(3)12(15)14-11/h7-10H,4-6,13H2,1-3H3. The highest BCUT2D eigenvalue weighted by Gasteiger charge is 2.24. The fourth-order valence-corrected chi connectivity index (χ4v) is 2.32. The minimum absolute atomic E-state index is 0.298. The van der Waals surface area contributed by atoms with Crippen molar-refractivity contribution in [3.8, 4) is 0 Å². The molecular formula is C12H21N3. The van der Waals surface area contributed by atoms with Crippen LogP contribution in [0.2, 0.25) is 0 Å². The lowest BCUT2D eigenvalue weighted by molar-refractivity contribution is 0.407. The van der Waals surface area contributed by atoms with Crippen LogP contribution in [-0.2, 0) is 6.54 Å². The van der Waals surface area contributed by atoms with Gasteiger partial charge in [-0.15, -0.1) is 0 Å². The first-order valence-electron chi connectivity index (χ1n) is 5.94. The second kappa shape index (κ2) is 3.97. The van der Waals surface area contributed by atoms with Crippen molar-refractivity contribution in [1.82, 2.24) is 9.55 Å². The second-order valence-electron chi connectivity index (χ2n) is 4.88. The molecule has 0 radical (unpaired) electrons. The highest BCUT2D eigenvalue weighted by atomic mass is 15.1. The molecule has 0 spiro atoms. The fourth-order valence-electron chi connectivity index (χ4n) is 2.32. The molecule has 1 aliphatic heterocycles. The summed E-state index contributed by atoms with van der Waals surface area (Å²) in [6.07, 6.45) is 4.41. The van der Waals surface area contributed by atoms with Gasteiger partial charge in [0.05, 0.1) is 5.69 Å². The van der Waals surface area contributed by atoms with E-state index in [1.54, 1.807) is 0 Å². The molecule has 0 bridgehead atoms. The van der Waals surface area contributed by atoms with Crippen LogP contribution in [0, 0.1) is 0 Å². The Balaban J connectivity index is 2.30. The minimum atomic E-state index is 0.298. The fraction of sp³-hybridized carbons (Fsp3) is 0.750. The van der Waals surface area contributed by atoms with Gasteiger partial charge in [-0.1, -0.05) is 20.8 Å². The molecule has 2 rings (SSSR count). The average molecular weight is 207 g/mol. The van der Waals surface area contributed by atoms with E-state index in [1.807, 2.05) is 0 Å². The molecule has 84 valence electrons. The Morgan fingerprint density at radius 1 is 1.67 bits per heavy atom. The van der Waals surface area contributed by atoms with E-state index in [9.17, 15) is 0 Å². The van der Waals surface area contributed by atoms with Crippen molar-refractivity contribution >= 4 is 0 Å². The summed E-state index contributed by atoms with van der Waals surface area (Å²) in [6.45, 7) is 7.60. The topological polar surface area (TPSA) is 43.8 Å². The zero-order chi connectivity index (χ0) is 11.0. The maximum absolute atomic E-state index is 6.01. The van der Waals surface area contributed by atoms with E-state index in [0.717, 1.165) is 19.4 Å². The largest absolute Gasteiger partial charge is 0.333 e. The Hall–Kier alpha value is -0.830. The maximum atomic E-state index is 6.01. The molecule has 3 unspecified atom stereocenters. The molecule has 1 aromatic heterocycles. The zero-order valence-electron chi connectivity index (χ0n) is 9.90. The van der Waals surface area contributed by atoms with E-state index < -0.39 is 0 Å². The van der Waals surface area contributed by atoms with E-state index in [-0.39, 0.29) is 0 Å². The normalized spacial score (nSPS) is 27.5. The van der Waals surface area contributed by atoms with Gasteiger partial charge in [0.15, 0.2) is 0 Å². The lowest BCUT2D eigenvalue weighted by atomic mass is 9.98. The van der Waals surface area contributed by atoms with Crippen molar-refractivity contribution in [2.24, 2.45) is 5.73 Å². The predicted octanol–water partition coefficient (Wildman–Crippen LogP) is 2.23. The van der Waals surface area contributed by atoms with Crippen LogP contribution >= 0.6 is 0 Å². The summed E-state index contributed by atoms with van der Waals surface area (Å²) >= 11 is 0. The van der Waals surface area contributed by atoms with Crippen LogP contribution < -0.4 is 5.73 Å². The smallest absolute Gasteiger partial charge is 0.111 e. The van der Waals surface area contributed by atoms with Crippen LogP contribution in [0.5, 0.6) is 0 Å². The number of rotatable bonds is 2. The summed E-state index contributed by atoms with van der Waals surface area (Å²) in [6, 6.07) is 0.298. The van der Waals surface area contributed by atoms with Gasteiger partial charge in [0.25, 0.3) is 0 Å². The Bertz CT molecular complexity index is 343. The maximum Gasteiger partial charge on any atom is 0.111 e. The summed E-state index contributed by atoms with van der Waals surface area (Å²) in [5, 5.41) is 0. The Morgan fingerprint density at radius 2 is 2.40 bits per heavy atom. The summed E-state index contributed by atoms with van der Waals surface area (Å²) in [5.74, 6) is 2.30. The van der Waals surface area contributed by atoms with Crippen LogP contribution in [0.4, 0.5) is 0 Å². The van der Waals surface area contributed by atoms with Crippen LogP contribution in [0.3, 0.4) is 0 Å². The molecule has 1 aromatic rings. The number of imidazole rings is 1. The summed E-state index contributed by atoms with van der Waals surface area (Å²) in [5.41, 5.74) is 7.24. The second-order valence-corrected chi connectivity index (χ2v) is 4.88. The first-order valence-corrected chi connectivity index (χ1v) is 5.94. The first kappa shape index (κ1) is 10.7. The molecule has 3 nitrogen and oxygen atoms in total. The molecule has 15 heavy (non-hydrogen) atoms. The number of fused-ring (bicyclic) bond motifs is 1. The molecule has 2 N–H and O–H groups in total. The average Bonchev–Trinajstić information content (AvgIpc) is 2.60. The lowest BCUT2D eigenvalue weighted by Gasteiger charge is -2.25. The van der Waals surface area contributed by atoms with Gasteiger partial charge in [0, 0.05) is 24.7 Å². The Morgan fingerprint density at radius 3 is 3.07 bits per heavy atom. The Kier molecular flexibility index (Phi) is 2.83. The van der Waals surface area contributed by atoms with Crippen molar-refractivity contribution in [2.75, 3.05) is 0 Å². The number of aromatic nitrogens is 2. The van der Waals surface area contributed by atoms with Crippen molar-refractivity contribution in [2.45, 2.75) is 58.0 Å². The van der Waals surface area contributed by atoms with E-state index in [2.05, 4.69) is 31.5 Å². The zero-order valence-corrected chi connectivity index (χ0v) is 9.90. The molecular weight excluding hydrogens is 186 g/mol. The summed E-state index contributed by atoms with van der Waals surface area (Å²) in [7, 11) is 0. The predicted molar refractivity (Wildman–Crippen MR) is 61.9 cm³/mol. The summed E-state index contributed by atoms with van der Waals surface area (Å²) in [4.78, 5) is 4.74. The molecule has 0 saturated heterocycles. The van der Waals surface area contributed by atoms with Gasteiger partial charge in [-0.3, -0.25) is 0 Å².